The molecule has 12 heavy (non-hydrogen) atoms. The van der Waals surface area contributed by atoms with Crippen molar-refractivity contribution in [2.24, 2.45) is 0 Å². The summed E-state index contributed by atoms with van der Waals surface area (Å²) in [5.41, 5.74) is 1.17. The molecule has 0 N–H and O–H groups in total. The van der Waals surface area contributed by atoms with Crippen LogP contribution in [0.15, 0.2) is 18.2 Å². The number of nitrogens with zero attached hydrogens (tertiary/aromatic N) is 1. The van der Waals surface area contributed by atoms with Gasteiger partial charge >= 0.3 is 96.1 Å². The van der Waals surface area contributed by atoms with E-state index >= 15 is 0 Å². The van der Waals surface area contributed by atoms with Crippen molar-refractivity contribution in [3.8, 4) is 0 Å². The Morgan fingerprint density at radius 3 is 3.08 bits per heavy atom. The summed E-state index contributed by atoms with van der Waals surface area (Å²) in [6.07, 6.45) is 0. The molecule has 0 bridgehead atoms. The number of halogens is 2. The molecule has 0 aliphatic heterocycles. The van der Waals surface area contributed by atoms with Crippen molar-refractivity contribution in [1.29, 1.82) is 0 Å². The first-order chi connectivity index (χ1) is 5.79. The molecule has 0 saturated carbocycles. The van der Waals surface area contributed by atoms with E-state index in [1.807, 2.05) is 0 Å². The molecule has 0 aliphatic carbocycles. The normalized spacial score (nSPS) is 11.2. The van der Waals surface area contributed by atoms with Gasteiger partial charge in [-0.3, -0.25) is 0 Å². The van der Waals surface area contributed by atoms with Crippen LogP contribution in [0.2, 0.25) is 0 Å². The van der Waals surface area contributed by atoms with Gasteiger partial charge in [-0.2, -0.15) is 0 Å². The van der Waals surface area contributed by atoms with Gasteiger partial charge in [0.2, 0.25) is 0 Å². The minimum absolute atomic E-state index is 0.178. The molecule has 64 valence electrons. The zero-order chi connectivity index (χ0) is 8.55. The van der Waals surface area contributed by atoms with Gasteiger partial charge in [-0.05, 0) is 0 Å². The summed E-state index contributed by atoms with van der Waals surface area (Å²) >= 11 is 4.43. The fourth-order valence-corrected chi connectivity index (χ4v) is 4.30. The summed E-state index contributed by atoms with van der Waals surface area (Å²) in [5, 5.41) is 1.16. The van der Waals surface area contributed by atoms with E-state index in [1.165, 1.54) is 13.8 Å². The average molecular weight is 402 g/mol. The van der Waals surface area contributed by atoms with Crippen LogP contribution in [0.4, 0.5) is 0 Å². The number of thiazole rings is 1. The van der Waals surface area contributed by atoms with Crippen LogP contribution >= 0.6 is 30.0 Å². The second-order valence-electron chi connectivity index (χ2n) is 2.42. The zero-order valence-corrected chi connectivity index (χ0v) is 11.5. The van der Waals surface area contributed by atoms with Crippen molar-refractivity contribution in [2.45, 2.75) is 6.92 Å². The van der Waals surface area contributed by atoms with E-state index in [-0.39, 0.29) is 17.2 Å². The molecule has 4 heteroatoms. The van der Waals surface area contributed by atoms with Gasteiger partial charge in [0.15, 0.2) is 0 Å². The van der Waals surface area contributed by atoms with E-state index in [4.69, 9.17) is 0 Å². The molecule has 1 aromatic heterocycles. The molecule has 1 heterocycles. The third kappa shape index (κ3) is 1.74. The first-order valence-corrected chi connectivity index (χ1v) is 11.6. The van der Waals surface area contributed by atoms with Crippen molar-refractivity contribution < 1.29 is 17.2 Å². The Labute approximate surface area is 95.0 Å². The fraction of sp³-hybridized carbons (Fsp3) is 0.125. The quantitative estimate of drug-likeness (QED) is 0.623. The molecule has 0 unspecified atom stereocenters. The monoisotopic (exact) mass is 402 g/mol. The van der Waals surface area contributed by atoms with Crippen LogP contribution in [0, 0.1) is 10.5 Å². The van der Waals surface area contributed by atoms with Gasteiger partial charge in [-0.1, -0.05) is 0 Å². The summed E-state index contributed by atoms with van der Waals surface area (Å²) in [6, 6.07) is 6.63. The Morgan fingerprint density at radius 2 is 2.33 bits per heavy atom. The molecule has 0 amide bonds. The maximum absolute atomic E-state index is 4.45. The summed E-state index contributed by atoms with van der Waals surface area (Å²) in [4.78, 5) is 4.45. The average Bonchev–Trinajstić information content (AvgIpc) is 2.43. The Balaban J connectivity index is 2.66. The standard InChI is InChI=1S/C8H6I2NS/c1-5-11-7-4-6(10-9)2-3-8(7)12-5/h2-4H,1H3/q-1. The minimum atomic E-state index is 0.178. The van der Waals surface area contributed by atoms with Crippen molar-refractivity contribution in [3.63, 3.8) is 0 Å². The molecular formula is C8H6I2NS-. The maximum atomic E-state index is 4.45. The number of fused-ring (bicyclic) bond motifs is 1. The van der Waals surface area contributed by atoms with E-state index in [1.54, 1.807) is 11.3 Å². The molecule has 2 rings (SSSR count). The molecule has 0 fully saturated rings. The van der Waals surface area contributed by atoms with E-state index in [2.05, 4.69) is 48.7 Å². The van der Waals surface area contributed by atoms with Crippen molar-refractivity contribution in [2.75, 3.05) is 0 Å². The van der Waals surface area contributed by atoms with Crippen LogP contribution in [-0.2, 0) is 0 Å². The van der Waals surface area contributed by atoms with Crippen molar-refractivity contribution in [3.05, 3.63) is 26.8 Å². The molecule has 2 aromatic rings. The zero-order valence-electron chi connectivity index (χ0n) is 6.34. The summed E-state index contributed by atoms with van der Waals surface area (Å²) in [5.74, 6) is 0. The van der Waals surface area contributed by atoms with Crippen LogP contribution in [-0.4, -0.2) is 4.98 Å². The molecule has 0 atom stereocenters. The molecule has 1 nitrogen and oxygen atoms in total. The van der Waals surface area contributed by atoms with Gasteiger partial charge in [0.25, 0.3) is 0 Å². The van der Waals surface area contributed by atoms with Crippen molar-refractivity contribution >= 4 is 40.2 Å². The van der Waals surface area contributed by atoms with Crippen LogP contribution < -0.4 is 17.2 Å². The first-order valence-electron chi connectivity index (χ1n) is 3.43. The predicted octanol–water partition coefficient (Wildman–Crippen LogP) is 0.213. The summed E-state index contributed by atoms with van der Waals surface area (Å²) in [7, 11) is 0. The van der Waals surface area contributed by atoms with Gasteiger partial charge in [0, 0.05) is 0 Å². The number of aryl methyl sites for hydroxylation is 1. The van der Waals surface area contributed by atoms with E-state index in [0.717, 1.165) is 5.01 Å². The van der Waals surface area contributed by atoms with Gasteiger partial charge in [0.1, 0.15) is 0 Å². The van der Waals surface area contributed by atoms with Crippen LogP contribution in [0.1, 0.15) is 5.01 Å². The fourth-order valence-electron chi connectivity index (χ4n) is 1.06. The molecule has 0 radical (unpaired) electrons. The Hall–Kier alpha value is 0.570. The summed E-state index contributed by atoms with van der Waals surface area (Å²) < 4.78 is 2.78. The molecular weight excluding hydrogens is 396 g/mol. The van der Waals surface area contributed by atoms with E-state index in [9.17, 15) is 0 Å². The van der Waals surface area contributed by atoms with Crippen LogP contribution in [0.3, 0.4) is 0 Å². The molecule has 0 saturated heterocycles. The first kappa shape index (κ1) is 9.14. The SMILES string of the molecule is Cc1nc2cc([I-]I)ccc2s1. The Bertz CT molecular complexity index is 410. The third-order valence-electron chi connectivity index (χ3n) is 1.54. The van der Waals surface area contributed by atoms with E-state index in [0.29, 0.717) is 0 Å². The Kier molecular flexibility index (Phi) is 2.85. The predicted molar refractivity (Wildman–Crippen MR) is 57.1 cm³/mol. The van der Waals surface area contributed by atoms with E-state index < -0.39 is 0 Å². The number of rotatable bonds is 1. The second-order valence-corrected chi connectivity index (χ2v) is 8.04. The van der Waals surface area contributed by atoms with Gasteiger partial charge in [-0.25, -0.2) is 0 Å². The van der Waals surface area contributed by atoms with Gasteiger partial charge in [-0.15, -0.1) is 0 Å². The molecule has 0 spiro atoms. The summed E-state index contributed by atoms with van der Waals surface area (Å²) in [6.45, 7) is 2.06. The number of aromatic nitrogens is 1. The van der Waals surface area contributed by atoms with Gasteiger partial charge < -0.3 is 0 Å². The molecule has 1 aromatic carbocycles. The van der Waals surface area contributed by atoms with Crippen LogP contribution in [0.25, 0.3) is 10.2 Å². The molecule has 0 aliphatic rings. The second kappa shape index (κ2) is 3.75. The third-order valence-corrected chi connectivity index (χ3v) is 6.79. The number of hydrogen-bond acceptors (Lipinski definition) is 2. The number of benzene rings is 1. The van der Waals surface area contributed by atoms with Crippen LogP contribution in [0.5, 0.6) is 0 Å². The Morgan fingerprint density at radius 1 is 1.50 bits per heavy atom. The number of hydrogen-bond donors (Lipinski definition) is 0. The van der Waals surface area contributed by atoms with Crippen molar-refractivity contribution in [1.82, 2.24) is 4.98 Å². The topological polar surface area (TPSA) is 12.9 Å². The van der Waals surface area contributed by atoms with Gasteiger partial charge in [0.05, 0.1) is 0 Å².